The van der Waals surface area contributed by atoms with Crippen LogP contribution in [0.4, 0.5) is 0 Å². The third kappa shape index (κ3) is 10.4. The Morgan fingerprint density at radius 3 is 1.04 bits per heavy atom. The lowest BCUT2D eigenvalue weighted by atomic mass is 9.82. The minimum atomic E-state index is -1.01. The predicted molar refractivity (Wildman–Crippen MR) is 198 cm³/mol. The molecule has 4 aromatic carbocycles. The van der Waals surface area contributed by atoms with Gasteiger partial charge >= 0.3 is 7.12 Å². The van der Waals surface area contributed by atoms with E-state index >= 15 is 0 Å². The molecule has 1 aliphatic heterocycles. The molecule has 1 aliphatic rings. The molecule has 6 heteroatoms. The number of hydrogen-bond donors (Lipinski definition) is 2. The quantitative estimate of drug-likeness (QED) is 0.199. The molecule has 1 saturated heterocycles. The third-order valence-electron chi connectivity index (χ3n) is 8.52. The van der Waals surface area contributed by atoms with E-state index in [1.54, 1.807) is 27.7 Å². The molecule has 0 unspecified atom stereocenters. The van der Waals surface area contributed by atoms with Gasteiger partial charge in [0, 0.05) is 0 Å². The van der Waals surface area contributed by atoms with Crippen molar-refractivity contribution >= 4 is 34.2 Å². The molecule has 1 fully saturated rings. The zero-order chi connectivity index (χ0) is 34.0. The zero-order valence-corrected chi connectivity index (χ0v) is 30.0. The number of halogens is 1. The molecule has 4 nitrogen and oxygen atoms in total. The fourth-order valence-electron chi connectivity index (χ4n) is 4.22. The van der Waals surface area contributed by atoms with Crippen LogP contribution >= 0.6 is 15.9 Å². The Morgan fingerprint density at radius 1 is 0.543 bits per heavy atom. The van der Waals surface area contributed by atoms with E-state index in [0.717, 1.165) is 16.7 Å². The van der Waals surface area contributed by atoms with Crippen molar-refractivity contribution in [3.05, 3.63) is 155 Å². The molecule has 0 atom stereocenters. The maximum Gasteiger partial charge on any atom is 0.487 e. The highest BCUT2D eigenvalue weighted by atomic mass is 79.9. The Kier molecular flexibility index (Phi) is 13.0. The first-order valence-electron chi connectivity index (χ1n) is 15.6. The van der Waals surface area contributed by atoms with Crippen LogP contribution in [0.2, 0.25) is 0 Å². The summed E-state index contributed by atoms with van der Waals surface area (Å²) in [5.41, 5.74) is 4.43. The van der Waals surface area contributed by atoms with E-state index in [9.17, 15) is 0 Å². The van der Waals surface area contributed by atoms with Crippen LogP contribution < -0.4 is 0 Å². The normalized spacial score (nSPS) is 15.0. The van der Waals surface area contributed by atoms with Crippen molar-refractivity contribution in [1.82, 2.24) is 0 Å². The number of rotatable bonds is 6. The van der Waals surface area contributed by atoms with Gasteiger partial charge in [0.2, 0.25) is 0 Å². The molecule has 5 rings (SSSR count). The minimum absolute atomic E-state index is 0.327. The fourth-order valence-corrected chi connectivity index (χ4v) is 4.74. The molecule has 242 valence electrons. The van der Waals surface area contributed by atoms with E-state index in [-0.39, 0.29) is 18.3 Å². The Bertz CT molecular complexity index is 1430. The Hall–Kier alpha value is -3.26. The summed E-state index contributed by atoms with van der Waals surface area (Å²) in [6.07, 6.45) is 0. The van der Waals surface area contributed by atoms with Crippen molar-refractivity contribution < 1.29 is 19.5 Å². The summed E-state index contributed by atoms with van der Waals surface area (Å²) >= 11 is 3.43. The fraction of sp³-hybridized carbons (Fsp3) is 0.300. The largest absolute Gasteiger partial charge is 0.487 e. The highest BCUT2D eigenvalue weighted by Gasteiger charge is 2.50. The maximum atomic E-state index is 9.10. The smallest absolute Gasteiger partial charge is 0.400 e. The number of aliphatic hydroxyl groups is 2. The summed E-state index contributed by atoms with van der Waals surface area (Å²) in [6, 6.07) is 41.4. The molecule has 0 bridgehead atoms. The lowest BCUT2D eigenvalue weighted by molar-refractivity contribution is -0.107. The van der Waals surface area contributed by atoms with E-state index in [4.69, 9.17) is 19.5 Å². The second kappa shape index (κ2) is 16.0. The highest BCUT2D eigenvalue weighted by Crippen LogP contribution is 2.38. The van der Waals surface area contributed by atoms with Gasteiger partial charge in [-0.1, -0.05) is 137 Å². The summed E-state index contributed by atoms with van der Waals surface area (Å²) in [6.45, 7) is 14.6. The molecule has 0 aromatic heterocycles. The van der Waals surface area contributed by atoms with Gasteiger partial charge < -0.3 is 19.5 Å². The van der Waals surface area contributed by atoms with Crippen molar-refractivity contribution in [3.63, 3.8) is 0 Å². The van der Waals surface area contributed by atoms with Crippen LogP contribution in [0.1, 0.15) is 77.6 Å². The van der Waals surface area contributed by atoms with E-state index in [1.807, 2.05) is 29.3 Å². The van der Waals surface area contributed by atoms with E-state index < -0.39 is 11.2 Å². The summed E-state index contributed by atoms with van der Waals surface area (Å²) < 4.78 is 12.3. The topological polar surface area (TPSA) is 58.9 Å². The second-order valence-corrected chi connectivity index (χ2v) is 13.8. The number of benzene rings is 4. The van der Waals surface area contributed by atoms with Gasteiger partial charge in [-0.15, -0.1) is 0 Å². The summed E-state index contributed by atoms with van der Waals surface area (Å²) in [5.74, 6) is 2.08. The Balaban J connectivity index is 0.000000214. The van der Waals surface area contributed by atoms with Gasteiger partial charge in [-0.25, -0.2) is 0 Å². The summed E-state index contributed by atoms with van der Waals surface area (Å²) in [7, 11) is -0.351. The average Bonchev–Trinajstić information content (AvgIpc) is 3.23. The molecule has 0 spiro atoms. The summed E-state index contributed by atoms with van der Waals surface area (Å²) in [4.78, 5) is 1.97. The van der Waals surface area contributed by atoms with Gasteiger partial charge in [-0.2, -0.15) is 0 Å². The molecule has 46 heavy (non-hydrogen) atoms. The van der Waals surface area contributed by atoms with Crippen LogP contribution in [0.25, 0.3) is 11.1 Å². The third-order valence-corrected chi connectivity index (χ3v) is 8.98. The Labute approximate surface area is 285 Å². The van der Waals surface area contributed by atoms with Gasteiger partial charge in [0.15, 0.2) is 0 Å². The number of hydrogen-bond acceptors (Lipinski definition) is 4. The van der Waals surface area contributed by atoms with Crippen molar-refractivity contribution in [2.75, 3.05) is 0 Å². The molecule has 0 amide bonds. The van der Waals surface area contributed by atoms with Gasteiger partial charge in [-0.3, -0.25) is 0 Å². The van der Waals surface area contributed by atoms with Gasteiger partial charge in [-0.05, 0) is 99.8 Å². The average molecular weight is 684 g/mol. The molecule has 0 saturated carbocycles. The van der Waals surface area contributed by atoms with Crippen molar-refractivity contribution in [2.45, 2.75) is 77.8 Å². The molecular formula is C40H48BBrO4. The zero-order valence-electron chi connectivity index (χ0n) is 28.4. The SMILES string of the molecule is BrC=C(c1ccccc1)c1ccccc1.CC(C)(O)C(C)(C)O.CC1(C)OB(C=C(c2ccccc2)c2ccccc2)OC1(C)C. The predicted octanol–water partition coefficient (Wildman–Crippen LogP) is 9.75. The van der Waals surface area contributed by atoms with Crippen molar-refractivity contribution in [1.29, 1.82) is 0 Å². The molecule has 0 radical (unpaired) electrons. The second-order valence-electron chi connectivity index (χ2n) is 13.3. The standard InChI is InChI=1S/C20H23BO2.C14H11Br.C6H14O2/c1-19(2)20(3,4)23-21(22-19)15-18(16-11-7-5-8-12-16)17-13-9-6-10-14-17;15-11-14(12-7-3-1-4-8-12)13-9-5-2-6-10-13;1-5(2,7)6(3,4)8/h5-15H,1-4H3;1-11H;7-8H,1-4H3. The first-order chi connectivity index (χ1) is 21.6. The van der Waals surface area contributed by atoms with Crippen LogP contribution in [0.3, 0.4) is 0 Å². The van der Waals surface area contributed by atoms with Crippen LogP contribution in [0, 0.1) is 0 Å². The first-order valence-corrected chi connectivity index (χ1v) is 16.5. The monoisotopic (exact) mass is 682 g/mol. The molecule has 0 aliphatic carbocycles. The highest BCUT2D eigenvalue weighted by molar-refractivity contribution is 9.11. The van der Waals surface area contributed by atoms with E-state index in [0.29, 0.717) is 0 Å². The van der Waals surface area contributed by atoms with Crippen LogP contribution in [-0.4, -0.2) is 39.7 Å². The summed E-state index contributed by atoms with van der Waals surface area (Å²) in [5, 5.41) is 18.2. The lowest BCUT2D eigenvalue weighted by Crippen LogP contribution is -2.44. The van der Waals surface area contributed by atoms with E-state index in [1.165, 1.54) is 16.7 Å². The minimum Gasteiger partial charge on any atom is -0.400 e. The Morgan fingerprint density at radius 2 is 0.804 bits per heavy atom. The van der Waals surface area contributed by atoms with Gasteiger partial charge in [0.1, 0.15) is 0 Å². The van der Waals surface area contributed by atoms with Gasteiger partial charge in [0.25, 0.3) is 0 Å². The first kappa shape index (κ1) is 37.2. The molecule has 1 heterocycles. The molecule has 2 N–H and O–H groups in total. The van der Waals surface area contributed by atoms with Crippen molar-refractivity contribution in [2.24, 2.45) is 0 Å². The molecular weight excluding hydrogens is 635 g/mol. The van der Waals surface area contributed by atoms with Crippen LogP contribution in [0.5, 0.6) is 0 Å². The lowest BCUT2D eigenvalue weighted by Gasteiger charge is -2.32. The van der Waals surface area contributed by atoms with E-state index in [2.05, 4.69) is 147 Å². The van der Waals surface area contributed by atoms with Crippen LogP contribution in [0.15, 0.2) is 132 Å². The van der Waals surface area contributed by atoms with Gasteiger partial charge in [0.05, 0.1) is 22.4 Å². The molecule has 4 aromatic rings. The maximum absolute atomic E-state index is 9.10. The van der Waals surface area contributed by atoms with Crippen LogP contribution in [-0.2, 0) is 9.31 Å². The van der Waals surface area contributed by atoms with Crippen molar-refractivity contribution in [3.8, 4) is 0 Å².